The second kappa shape index (κ2) is 5.87. The number of hydrogen-bond acceptors (Lipinski definition) is 5. The average Bonchev–Trinajstić information content (AvgIpc) is 2.99. The molecule has 1 aromatic heterocycles. The molecule has 1 atom stereocenters. The second-order valence-corrected chi connectivity index (χ2v) is 7.92. The molecule has 0 bridgehead atoms. The second-order valence-electron chi connectivity index (χ2n) is 6.64. The molecule has 0 radical (unpaired) electrons. The van der Waals surface area contributed by atoms with E-state index in [0.717, 1.165) is 0 Å². The molecule has 118 valence electrons. The third kappa shape index (κ3) is 4.12. The van der Waals surface area contributed by atoms with Crippen LogP contribution < -0.4 is 10.6 Å². The molecule has 1 heterocycles. The summed E-state index contributed by atoms with van der Waals surface area (Å²) in [7, 11) is 0. The van der Waals surface area contributed by atoms with Crippen LogP contribution in [0.15, 0.2) is 4.52 Å². The van der Waals surface area contributed by atoms with Gasteiger partial charge < -0.3 is 15.2 Å². The van der Waals surface area contributed by atoms with Gasteiger partial charge in [0.1, 0.15) is 6.04 Å². The Labute approximate surface area is 129 Å². The van der Waals surface area contributed by atoms with E-state index in [0.29, 0.717) is 18.3 Å². The molecule has 0 saturated heterocycles. The zero-order chi connectivity index (χ0) is 15.7. The lowest BCUT2D eigenvalue weighted by atomic mass is 9.96. The Hall–Kier alpha value is -1.24. The minimum Gasteiger partial charge on any atom is -0.337 e. The van der Waals surface area contributed by atoms with Crippen molar-refractivity contribution in [2.45, 2.75) is 56.7 Å². The zero-order valence-corrected chi connectivity index (χ0v) is 14.1. The van der Waals surface area contributed by atoms with Crippen molar-refractivity contribution in [3.05, 3.63) is 11.7 Å². The summed E-state index contributed by atoms with van der Waals surface area (Å²) < 4.78 is 5.48. The predicted molar refractivity (Wildman–Crippen MR) is 83.4 cm³/mol. The Morgan fingerprint density at radius 1 is 1.48 bits per heavy atom. The molecule has 1 aliphatic rings. The lowest BCUT2D eigenvalue weighted by Gasteiger charge is -2.15. The van der Waals surface area contributed by atoms with Crippen molar-refractivity contribution in [1.82, 2.24) is 20.8 Å². The van der Waals surface area contributed by atoms with Gasteiger partial charge in [0.15, 0.2) is 5.82 Å². The summed E-state index contributed by atoms with van der Waals surface area (Å²) in [4.78, 5) is 16.2. The van der Waals surface area contributed by atoms with Crippen molar-refractivity contribution >= 4 is 17.8 Å². The van der Waals surface area contributed by atoms with E-state index in [1.165, 1.54) is 12.8 Å². The van der Waals surface area contributed by atoms with Crippen molar-refractivity contribution in [2.75, 3.05) is 12.8 Å². The number of nitrogens with zero attached hydrogens (tertiary/aromatic N) is 2. The van der Waals surface area contributed by atoms with Crippen LogP contribution in [0.5, 0.6) is 0 Å². The summed E-state index contributed by atoms with van der Waals surface area (Å²) in [6, 6.07) is -0.503. The van der Waals surface area contributed by atoms with Crippen molar-refractivity contribution < 1.29 is 9.32 Å². The van der Waals surface area contributed by atoms with E-state index >= 15 is 0 Å². The quantitative estimate of drug-likeness (QED) is 0.873. The molecule has 2 rings (SSSR count). The third-order valence-corrected chi connectivity index (χ3v) is 5.06. The van der Waals surface area contributed by atoms with Gasteiger partial charge in [-0.3, -0.25) is 0 Å². The fourth-order valence-electron chi connectivity index (χ4n) is 1.86. The highest BCUT2D eigenvalue weighted by Crippen LogP contribution is 2.46. The first-order valence-electron chi connectivity index (χ1n) is 7.19. The number of thioether (sulfide) groups is 1. The first-order chi connectivity index (χ1) is 9.76. The number of hydrogen-bond donors (Lipinski definition) is 2. The van der Waals surface area contributed by atoms with E-state index in [2.05, 4.69) is 27.0 Å². The number of carbonyl (C=O) groups is 1. The van der Waals surface area contributed by atoms with Crippen LogP contribution in [0, 0.1) is 0 Å². The summed E-state index contributed by atoms with van der Waals surface area (Å²) >= 11 is 1.82. The van der Waals surface area contributed by atoms with E-state index in [-0.39, 0.29) is 22.2 Å². The lowest BCUT2D eigenvalue weighted by molar-refractivity contribution is 0.234. The highest BCUT2D eigenvalue weighted by atomic mass is 32.2. The number of nitrogens with one attached hydrogen (secondary N) is 2. The van der Waals surface area contributed by atoms with Crippen LogP contribution in [-0.2, 0) is 5.41 Å². The Morgan fingerprint density at radius 3 is 2.62 bits per heavy atom. The van der Waals surface area contributed by atoms with Crippen molar-refractivity contribution in [3.63, 3.8) is 0 Å². The molecular weight excluding hydrogens is 288 g/mol. The maximum atomic E-state index is 11.9. The smallest absolute Gasteiger partial charge is 0.315 e. The van der Waals surface area contributed by atoms with Gasteiger partial charge in [0.25, 0.3) is 0 Å². The topological polar surface area (TPSA) is 80.0 Å². The number of aromatic nitrogens is 2. The molecule has 0 aliphatic heterocycles. The molecule has 1 saturated carbocycles. The fourth-order valence-corrected chi connectivity index (χ4v) is 2.59. The highest BCUT2D eigenvalue weighted by molar-refractivity contribution is 8.00. The van der Waals surface area contributed by atoms with Gasteiger partial charge in [-0.25, -0.2) is 4.79 Å². The number of urea groups is 1. The summed E-state index contributed by atoms with van der Waals surface area (Å²) in [5.41, 5.74) is -0.166. The monoisotopic (exact) mass is 312 g/mol. The van der Waals surface area contributed by atoms with E-state index in [1.54, 1.807) is 0 Å². The summed E-state index contributed by atoms with van der Waals surface area (Å²) in [5.74, 6) is 1.08. The first-order valence-corrected chi connectivity index (χ1v) is 8.42. The molecule has 1 fully saturated rings. The Bertz CT molecular complexity index is 505. The maximum absolute atomic E-state index is 11.9. The lowest BCUT2D eigenvalue weighted by Crippen LogP contribution is -2.40. The highest BCUT2D eigenvalue weighted by Gasteiger charge is 2.42. The van der Waals surface area contributed by atoms with Gasteiger partial charge >= 0.3 is 6.03 Å². The van der Waals surface area contributed by atoms with E-state index in [4.69, 9.17) is 4.52 Å². The molecule has 21 heavy (non-hydrogen) atoms. The van der Waals surface area contributed by atoms with Crippen LogP contribution in [0.2, 0.25) is 0 Å². The van der Waals surface area contributed by atoms with Crippen LogP contribution >= 0.6 is 11.8 Å². The molecule has 1 aromatic rings. The van der Waals surface area contributed by atoms with Gasteiger partial charge in [-0.1, -0.05) is 25.9 Å². The van der Waals surface area contributed by atoms with Crippen LogP contribution in [0.3, 0.4) is 0 Å². The summed E-state index contributed by atoms with van der Waals surface area (Å²) in [6.07, 6.45) is 4.42. The SMILES string of the molecule is CSC1(CNC(=O)NC(C)c2nc(C(C)(C)C)no2)CC1. The largest absolute Gasteiger partial charge is 0.337 e. The average molecular weight is 312 g/mol. The van der Waals surface area contributed by atoms with Crippen LogP contribution in [-0.4, -0.2) is 33.7 Å². The van der Waals surface area contributed by atoms with Crippen molar-refractivity contribution in [1.29, 1.82) is 0 Å². The molecule has 2 amide bonds. The third-order valence-electron chi connectivity index (χ3n) is 3.64. The number of amides is 2. The molecule has 1 aliphatic carbocycles. The Kier molecular flexibility index (Phi) is 4.51. The standard InChI is InChI=1S/C14H24N4O2S/c1-9(10-17-11(18-20-10)13(2,3)4)16-12(19)15-8-14(21-5)6-7-14/h9H,6-8H2,1-5H3,(H2,15,16,19). The van der Waals surface area contributed by atoms with Gasteiger partial charge in [0.05, 0.1) is 0 Å². The van der Waals surface area contributed by atoms with Gasteiger partial charge in [0.2, 0.25) is 5.89 Å². The Morgan fingerprint density at radius 2 is 2.14 bits per heavy atom. The zero-order valence-electron chi connectivity index (χ0n) is 13.3. The van der Waals surface area contributed by atoms with Crippen molar-refractivity contribution in [2.24, 2.45) is 0 Å². The van der Waals surface area contributed by atoms with Crippen LogP contribution in [0.1, 0.15) is 58.3 Å². The predicted octanol–water partition coefficient (Wildman–Crippen LogP) is 2.62. The molecule has 0 spiro atoms. The van der Waals surface area contributed by atoms with Crippen LogP contribution in [0.4, 0.5) is 4.79 Å². The summed E-state index contributed by atoms with van der Waals surface area (Å²) in [6.45, 7) is 8.59. The minimum atomic E-state index is -0.307. The molecule has 1 unspecified atom stereocenters. The van der Waals surface area contributed by atoms with Gasteiger partial charge in [-0.05, 0) is 26.0 Å². The van der Waals surface area contributed by atoms with E-state index in [9.17, 15) is 4.79 Å². The summed E-state index contributed by atoms with van der Waals surface area (Å²) in [5, 5.41) is 9.71. The van der Waals surface area contributed by atoms with E-state index in [1.807, 2.05) is 39.5 Å². The van der Waals surface area contributed by atoms with E-state index < -0.39 is 0 Å². The first kappa shape index (κ1) is 16.1. The molecule has 0 aromatic carbocycles. The van der Waals surface area contributed by atoms with Gasteiger partial charge in [0, 0.05) is 16.7 Å². The fraction of sp³-hybridized carbons (Fsp3) is 0.786. The normalized spacial score (nSPS) is 18.1. The molecular formula is C14H24N4O2S. The number of rotatable bonds is 5. The minimum absolute atomic E-state index is 0.166. The molecule has 2 N–H and O–H groups in total. The van der Waals surface area contributed by atoms with Crippen LogP contribution in [0.25, 0.3) is 0 Å². The maximum Gasteiger partial charge on any atom is 0.315 e. The van der Waals surface area contributed by atoms with Gasteiger partial charge in [-0.15, -0.1) is 0 Å². The van der Waals surface area contributed by atoms with Gasteiger partial charge in [-0.2, -0.15) is 16.7 Å². The number of carbonyl (C=O) groups excluding carboxylic acids is 1. The Balaban J connectivity index is 1.84. The molecule has 7 heteroatoms. The molecule has 6 nitrogen and oxygen atoms in total. The van der Waals surface area contributed by atoms with Crippen molar-refractivity contribution in [3.8, 4) is 0 Å².